The molecule has 7 heteroatoms. The van der Waals surface area contributed by atoms with Crippen LogP contribution >= 0.6 is 0 Å². The van der Waals surface area contributed by atoms with Gasteiger partial charge in [0.1, 0.15) is 0 Å². The van der Waals surface area contributed by atoms with E-state index in [1.807, 2.05) is 0 Å². The molecule has 0 aliphatic carbocycles. The summed E-state index contributed by atoms with van der Waals surface area (Å²) in [5.74, 6) is 0.130. The molecule has 1 rings (SSSR count). The quantitative estimate of drug-likeness (QED) is 0.693. The number of hydrogen-bond donors (Lipinski definition) is 3. The van der Waals surface area contributed by atoms with E-state index in [-0.39, 0.29) is 17.5 Å². The van der Waals surface area contributed by atoms with Crippen molar-refractivity contribution in [1.82, 2.24) is 9.71 Å². The van der Waals surface area contributed by atoms with Crippen LogP contribution in [0, 0.1) is 0 Å². The fourth-order valence-corrected chi connectivity index (χ4v) is 2.07. The van der Waals surface area contributed by atoms with E-state index in [2.05, 4.69) is 14.4 Å². The number of pyridine rings is 1. The van der Waals surface area contributed by atoms with Crippen molar-refractivity contribution in [2.75, 3.05) is 10.5 Å². The van der Waals surface area contributed by atoms with Gasteiger partial charge in [0.2, 0.25) is 0 Å². The molecular formula is C8H14N4O2S. The van der Waals surface area contributed by atoms with Crippen molar-refractivity contribution < 1.29 is 8.42 Å². The second-order valence-corrected chi connectivity index (χ2v) is 4.77. The van der Waals surface area contributed by atoms with Gasteiger partial charge in [0, 0.05) is 12.2 Å². The van der Waals surface area contributed by atoms with E-state index in [0.717, 1.165) is 0 Å². The Bertz CT molecular complexity index is 430. The molecule has 0 aromatic carbocycles. The zero-order valence-corrected chi connectivity index (χ0v) is 9.38. The van der Waals surface area contributed by atoms with E-state index >= 15 is 0 Å². The van der Waals surface area contributed by atoms with Crippen LogP contribution < -0.4 is 15.2 Å². The highest BCUT2D eigenvalue weighted by Gasteiger charge is 2.13. The summed E-state index contributed by atoms with van der Waals surface area (Å²) in [6, 6.07) is 3.01. The third kappa shape index (κ3) is 3.72. The van der Waals surface area contributed by atoms with Crippen molar-refractivity contribution in [3.05, 3.63) is 18.3 Å². The van der Waals surface area contributed by atoms with E-state index in [1.165, 1.54) is 6.20 Å². The maximum atomic E-state index is 11.4. The minimum absolute atomic E-state index is 0.130. The maximum absolute atomic E-state index is 11.4. The van der Waals surface area contributed by atoms with Gasteiger partial charge in [-0.05, 0) is 26.0 Å². The molecule has 1 aromatic rings. The summed E-state index contributed by atoms with van der Waals surface area (Å²) in [6.07, 6.45) is 1.46. The molecule has 0 aliphatic rings. The van der Waals surface area contributed by atoms with Crippen LogP contribution in [0.3, 0.4) is 0 Å². The number of nitrogens with zero attached hydrogens (tertiary/aromatic N) is 1. The molecule has 0 fully saturated rings. The summed E-state index contributed by atoms with van der Waals surface area (Å²) in [6.45, 7) is 3.45. The number of aromatic nitrogens is 1. The normalized spacial score (nSPS) is 11.7. The third-order valence-corrected chi connectivity index (χ3v) is 2.70. The zero-order chi connectivity index (χ0) is 11.5. The molecule has 0 bridgehead atoms. The lowest BCUT2D eigenvalue weighted by atomic mass is 10.4. The minimum atomic E-state index is -3.60. The summed E-state index contributed by atoms with van der Waals surface area (Å²) in [5, 5.41) is 0. The molecule has 84 valence electrons. The second kappa shape index (κ2) is 4.45. The van der Waals surface area contributed by atoms with Crippen molar-refractivity contribution in [2.24, 2.45) is 0 Å². The van der Waals surface area contributed by atoms with Gasteiger partial charge in [-0.15, -0.1) is 0 Å². The molecule has 0 saturated heterocycles. The molecule has 0 unspecified atom stereocenters. The highest BCUT2D eigenvalue weighted by atomic mass is 32.2. The molecule has 1 aromatic heterocycles. The number of hydrogen-bond acceptors (Lipinski definition) is 4. The topological polar surface area (TPSA) is 97.1 Å². The van der Waals surface area contributed by atoms with Gasteiger partial charge in [0.05, 0.1) is 5.69 Å². The molecule has 4 N–H and O–H groups in total. The lowest BCUT2D eigenvalue weighted by Crippen LogP contribution is -2.35. The Morgan fingerprint density at radius 1 is 1.47 bits per heavy atom. The van der Waals surface area contributed by atoms with Crippen molar-refractivity contribution >= 4 is 21.7 Å². The SMILES string of the molecule is CC(C)NS(=O)(=O)Nc1ncccc1N. The first-order valence-corrected chi connectivity index (χ1v) is 5.89. The molecule has 0 saturated carbocycles. The van der Waals surface area contributed by atoms with Crippen LogP contribution in [0.15, 0.2) is 18.3 Å². The molecule has 6 nitrogen and oxygen atoms in total. The van der Waals surface area contributed by atoms with Gasteiger partial charge < -0.3 is 5.73 Å². The van der Waals surface area contributed by atoms with Crippen molar-refractivity contribution in [3.8, 4) is 0 Å². The Balaban J connectivity index is 2.83. The van der Waals surface area contributed by atoms with Crippen molar-refractivity contribution in [2.45, 2.75) is 19.9 Å². The molecule has 0 atom stereocenters. The Kier molecular flexibility index (Phi) is 3.48. The predicted molar refractivity (Wildman–Crippen MR) is 59.5 cm³/mol. The van der Waals surface area contributed by atoms with Crippen LogP contribution in [0.2, 0.25) is 0 Å². The third-order valence-electron chi connectivity index (χ3n) is 1.46. The van der Waals surface area contributed by atoms with E-state index in [0.29, 0.717) is 0 Å². The molecule has 0 spiro atoms. The Morgan fingerprint density at radius 3 is 2.67 bits per heavy atom. The summed E-state index contributed by atoms with van der Waals surface area (Å²) < 4.78 is 27.5. The first kappa shape index (κ1) is 11.7. The standard InChI is InChI=1S/C8H14N4O2S/c1-6(2)11-15(13,14)12-8-7(9)4-3-5-10-8/h3-6,11H,9H2,1-2H3,(H,10,12). The highest BCUT2D eigenvalue weighted by Crippen LogP contribution is 2.13. The number of nitrogens with two attached hydrogens (primary N) is 1. The van der Waals surface area contributed by atoms with Crippen molar-refractivity contribution in [3.63, 3.8) is 0 Å². The largest absolute Gasteiger partial charge is 0.396 e. The van der Waals surface area contributed by atoms with E-state index in [4.69, 9.17) is 5.73 Å². The average molecular weight is 230 g/mol. The molecule has 0 aliphatic heterocycles. The van der Waals surface area contributed by atoms with Gasteiger partial charge in [0.15, 0.2) is 5.82 Å². The van der Waals surface area contributed by atoms with Crippen LogP contribution in [0.25, 0.3) is 0 Å². The van der Waals surface area contributed by atoms with E-state index in [1.54, 1.807) is 26.0 Å². The van der Waals surface area contributed by atoms with E-state index in [9.17, 15) is 8.42 Å². The van der Waals surface area contributed by atoms with E-state index < -0.39 is 10.2 Å². The summed E-state index contributed by atoms with van der Waals surface area (Å²) in [4.78, 5) is 3.82. The fourth-order valence-electron chi connectivity index (χ4n) is 0.970. The van der Waals surface area contributed by atoms with Crippen molar-refractivity contribution in [1.29, 1.82) is 0 Å². The van der Waals surface area contributed by atoms with Crippen LogP contribution in [-0.2, 0) is 10.2 Å². The predicted octanol–water partition coefficient (Wildman–Crippen LogP) is 0.318. The Morgan fingerprint density at radius 2 is 2.13 bits per heavy atom. The second-order valence-electron chi connectivity index (χ2n) is 3.32. The molecule has 0 amide bonds. The average Bonchev–Trinajstić information content (AvgIpc) is 2.06. The van der Waals surface area contributed by atoms with Gasteiger partial charge in [0.25, 0.3) is 0 Å². The number of nitrogens with one attached hydrogen (secondary N) is 2. The highest BCUT2D eigenvalue weighted by molar-refractivity contribution is 7.90. The molecular weight excluding hydrogens is 216 g/mol. The van der Waals surface area contributed by atoms with Gasteiger partial charge in [-0.25, -0.2) is 4.98 Å². The number of rotatable bonds is 4. The van der Waals surface area contributed by atoms with Gasteiger partial charge in [-0.2, -0.15) is 13.1 Å². The van der Waals surface area contributed by atoms with Crippen LogP contribution in [0.4, 0.5) is 11.5 Å². The minimum Gasteiger partial charge on any atom is -0.396 e. The maximum Gasteiger partial charge on any atom is 0.300 e. The lowest BCUT2D eigenvalue weighted by Gasteiger charge is -2.11. The first-order valence-electron chi connectivity index (χ1n) is 4.41. The first-order chi connectivity index (χ1) is 6.91. The summed E-state index contributed by atoms with van der Waals surface area (Å²) in [5.41, 5.74) is 5.83. The smallest absolute Gasteiger partial charge is 0.300 e. The number of anilines is 2. The molecule has 1 heterocycles. The Labute approximate surface area is 89.1 Å². The zero-order valence-electron chi connectivity index (χ0n) is 8.56. The lowest BCUT2D eigenvalue weighted by molar-refractivity contribution is 0.575. The molecule has 0 radical (unpaired) electrons. The van der Waals surface area contributed by atoms with Gasteiger partial charge in [-0.3, -0.25) is 4.72 Å². The van der Waals surface area contributed by atoms with Crippen LogP contribution in [-0.4, -0.2) is 19.4 Å². The Hall–Kier alpha value is -1.34. The number of nitrogen functional groups attached to an aromatic ring is 1. The van der Waals surface area contributed by atoms with Crippen LogP contribution in [0.1, 0.15) is 13.8 Å². The summed E-state index contributed by atoms with van der Waals surface area (Å²) >= 11 is 0. The van der Waals surface area contributed by atoms with Crippen LogP contribution in [0.5, 0.6) is 0 Å². The summed E-state index contributed by atoms with van der Waals surface area (Å²) in [7, 11) is -3.60. The van der Waals surface area contributed by atoms with Gasteiger partial charge >= 0.3 is 10.2 Å². The fraction of sp³-hybridized carbons (Fsp3) is 0.375. The molecule has 15 heavy (non-hydrogen) atoms. The monoisotopic (exact) mass is 230 g/mol. The van der Waals surface area contributed by atoms with Gasteiger partial charge in [-0.1, -0.05) is 0 Å².